The molecule has 1 aliphatic heterocycles. The van der Waals surface area contributed by atoms with Crippen molar-refractivity contribution in [3.8, 4) is 0 Å². The number of amides is 1. The molecule has 1 aromatic carbocycles. The first kappa shape index (κ1) is 17.9. The third-order valence-corrected chi connectivity index (χ3v) is 4.91. The smallest absolute Gasteiger partial charge is 0.268 e. The molecule has 2 heterocycles. The molecule has 1 saturated heterocycles. The molecule has 0 aliphatic carbocycles. The van der Waals surface area contributed by atoms with E-state index in [4.69, 9.17) is 23.8 Å². The Morgan fingerprint density at radius 3 is 2.64 bits per heavy atom. The lowest BCUT2D eigenvalue weighted by Crippen LogP contribution is -2.27. The molecule has 1 aliphatic rings. The second-order valence-corrected chi connectivity index (χ2v) is 7.02. The maximum absolute atomic E-state index is 13.0. The molecule has 1 aromatic heterocycles. The Balaban J connectivity index is 1.98. The summed E-state index contributed by atoms with van der Waals surface area (Å²) >= 11 is 11.8. The van der Waals surface area contributed by atoms with E-state index < -0.39 is 22.7 Å². The molecule has 2 aromatic rings. The van der Waals surface area contributed by atoms with Crippen LogP contribution in [-0.2, 0) is 11.0 Å². The van der Waals surface area contributed by atoms with Gasteiger partial charge in [-0.1, -0.05) is 41.6 Å². The zero-order valence-electron chi connectivity index (χ0n) is 12.2. The van der Waals surface area contributed by atoms with Gasteiger partial charge in [-0.05, 0) is 36.4 Å². The molecule has 3 nitrogen and oxygen atoms in total. The van der Waals surface area contributed by atoms with Gasteiger partial charge in [0.1, 0.15) is 0 Å². The van der Waals surface area contributed by atoms with Crippen molar-refractivity contribution < 1.29 is 18.0 Å². The van der Waals surface area contributed by atoms with Gasteiger partial charge in [-0.15, -0.1) is 0 Å². The summed E-state index contributed by atoms with van der Waals surface area (Å²) in [7, 11) is 0. The monoisotopic (exact) mass is 400 g/mol. The maximum Gasteiger partial charge on any atom is 0.417 e. The van der Waals surface area contributed by atoms with E-state index in [1.807, 2.05) is 0 Å². The van der Waals surface area contributed by atoms with Gasteiger partial charge >= 0.3 is 6.18 Å². The largest absolute Gasteiger partial charge is 0.417 e. The molecule has 0 saturated carbocycles. The molecule has 0 unspecified atom stereocenters. The van der Waals surface area contributed by atoms with Gasteiger partial charge in [-0.25, -0.2) is 0 Å². The van der Waals surface area contributed by atoms with Crippen LogP contribution in [0.25, 0.3) is 6.08 Å². The lowest BCUT2D eigenvalue weighted by atomic mass is 10.1. The van der Waals surface area contributed by atoms with Crippen LogP contribution in [0.4, 0.5) is 18.9 Å². The number of thiocarbonyl (C=S) groups is 1. The number of hydrogen-bond acceptors (Lipinski definition) is 4. The van der Waals surface area contributed by atoms with E-state index in [0.29, 0.717) is 5.69 Å². The number of alkyl halides is 3. The Kier molecular flexibility index (Phi) is 4.86. The zero-order chi connectivity index (χ0) is 18.2. The molecule has 0 N–H and O–H groups in total. The summed E-state index contributed by atoms with van der Waals surface area (Å²) in [6.45, 7) is 0. The van der Waals surface area contributed by atoms with Crippen LogP contribution in [0.3, 0.4) is 0 Å². The fourth-order valence-corrected chi connectivity index (χ4v) is 3.66. The van der Waals surface area contributed by atoms with Crippen LogP contribution >= 0.6 is 35.6 Å². The van der Waals surface area contributed by atoms with E-state index in [2.05, 4.69) is 4.98 Å². The van der Waals surface area contributed by atoms with E-state index in [1.165, 1.54) is 6.07 Å². The maximum atomic E-state index is 13.0. The van der Waals surface area contributed by atoms with E-state index >= 15 is 0 Å². The van der Waals surface area contributed by atoms with Crippen molar-refractivity contribution in [2.24, 2.45) is 0 Å². The first-order valence-corrected chi connectivity index (χ1v) is 8.43. The van der Waals surface area contributed by atoms with Gasteiger partial charge < -0.3 is 0 Å². The topological polar surface area (TPSA) is 33.2 Å². The number of aromatic nitrogens is 1. The number of benzene rings is 1. The second-order valence-electron chi connectivity index (χ2n) is 4.93. The Hall–Kier alpha value is -1.90. The summed E-state index contributed by atoms with van der Waals surface area (Å²) in [5.74, 6) is -0.504. The number of anilines is 1. The van der Waals surface area contributed by atoms with Crippen LogP contribution in [0.5, 0.6) is 0 Å². The van der Waals surface area contributed by atoms with Crippen LogP contribution in [-0.4, -0.2) is 15.2 Å². The third kappa shape index (κ3) is 3.70. The van der Waals surface area contributed by atoms with Crippen molar-refractivity contribution in [1.82, 2.24) is 4.98 Å². The summed E-state index contributed by atoms with van der Waals surface area (Å²) in [5.41, 5.74) is -0.451. The number of nitrogens with zero attached hydrogens (tertiary/aromatic N) is 2. The number of pyridine rings is 1. The SMILES string of the molecule is O=C1/C(=C\c2ccccn2)SC(=S)N1c1ccc(Cl)c(C(F)(F)F)c1. The van der Waals surface area contributed by atoms with Crippen molar-refractivity contribution in [2.75, 3.05) is 4.90 Å². The van der Waals surface area contributed by atoms with Crippen LogP contribution in [0.1, 0.15) is 11.3 Å². The Bertz CT molecular complexity index is 885. The molecule has 1 fully saturated rings. The molecule has 0 spiro atoms. The molecular weight excluding hydrogens is 393 g/mol. The van der Waals surface area contributed by atoms with Crippen molar-refractivity contribution >= 4 is 57.6 Å². The van der Waals surface area contributed by atoms with Crippen LogP contribution in [0, 0.1) is 0 Å². The zero-order valence-corrected chi connectivity index (χ0v) is 14.6. The van der Waals surface area contributed by atoms with Crippen LogP contribution < -0.4 is 4.90 Å². The molecule has 3 rings (SSSR count). The van der Waals surface area contributed by atoms with Gasteiger partial charge in [-0.2, -0.15) is 13.2 Å². The Morgan fingerprint density at radius 2 is 2.00 bits per heavy atom. The molecular formula is C16H8ClF3N2OS2. The van der Waals surface area contributed by atoms with Gasteiger partial charge in [-0.3, -0.25) is 14.7 Å². The molecule has 0 radical (unpaired) electrons. The van der Waals surface area contributed by atoms with Gasteiger partial charge in [0.05, 0.1) is 26.9 Å². The van der Waals surface area contributed by atoms with Gasteiger partial charge in [0.25, 0.3) is 5.91 Å². The van der Waals surface area contributed by atoms with Crippen molar-refractivity contribution in [3.05, 3.63) is 63.8 Å². The third-order valence-electron chi connectivity index (χ3n) is 3.27. The highest BCUT2D eigenvalue weighted by molar-refractivity contribution is 8.27. The quantitative estimate of drug-likeness (QED) is 0.515. The Labute approximate surface area is 155 Å². The van der Waals surface area contributed by atoms with Crippen molar-refractivity contribution in [2.45, 2.75) is 6.18 Å². The highest BCUT2D eigenvalue weighted by atomic mass is 35.5. The fourth-order valence-electron chi connectivity index (χ4n) is 2.16. The molecule has 1 amide bonds. The number of carbonyl (C=O) groups excluding carboxylic acids is 1. The average Bonchev–Trinajstić information content (AvgIpc) is 2.82. The highest BCUT2D eigenvalue weighted by Crippen LogP contribution is 2.40. The molecule has 0 bridgehead atoms. The number of carbonyl (C=O) groups is 1. The minimum absolute atomic E-state index is 0.0173. The number of hydrogen-bond donors (Lipinski definition) is 0. The number of halogens is 4. The first-order chi connectivity index (χ1) is 11.8. The number of rotatable bonds is 2. The molecule has 9 heteroatoms. The van der Waals surface area contributed by atoms with Gasteiger partial charge in [0.2, 0.25) is 0 Å². The van der Waals surface area contributed by atoms with Crippen LogP contribution in [0.2, 0.25) is 5.02 Å². The summed E-state index contributed by atoms with van der Waals surface area (Å²) in [5, 5.41) is -0.439. The number of thioether (sulfide) groups is 1. The van der Waals surface area contributed by atoms with E-state index in [9.17, 15) is 18.0 Å². The predicted molar refractivity (Wildman–Crippen MR) is 96.3 cm³/mol. The summed E-state index contributed by atoms with van der Waals surface area (Å²) in [6.07, 6.45) is -1.52. The first-order valence-electron chi connectivity index (χ1n) is 6.83. The molecule has 128 valence electrons. The second kappa shape index (κ2) is 6.78. The van der Waals surface area contributed by atoms with Crippen molar-refractivity contribution in [1.29, 1.82) is 0 Å². The molecule has 25 heavy (non-hydrogen) atoms. The molecule has 0 atom stereocenters. The van der Waals surface area contributed by atoms with E-state index in [0.717, 1.165) is 28.8 Å². The average molecular weight is 401 g/mol. The summed E-state index contributed by atoms with van der Waals surface area (Å²) < 4.78 is 39.2. The van der Waals surface area contributed by atoms with E-state index in [-0.39, 0.29) is 14.9 Å². The summed E-state index contributed by atoms with van der Waals surface area (Å²) in [6, 6.07) is 8.43. The minimum Gasteiger partial charge on any atom is -0.268 e. The van der Waals surface area contributed by atoms with E-state index in [1.54, 1.807) is 30.5 Å². The fraction of sp³-hybridized carbons (Fsp3) is 0.0625. The Morgan fingerprint density at radius 1 is 1.24 bits per heavy atom. The van der Waals surface area contributed by atoms with Gasteiger partial charge in [0, 0.05) is 6.20 Å². The van der Waals surface area contributed by atoms with Gasteiger partial charge in [0.15, 0.2) is 4.32 Å². The lowest BCUT2D eigenvalue weighted by Gasteiger charge is -2.17. The minimum atomic E-state index is -4.63. The lowest BCUT2D eigenvalue weighted by molar-refractivity contribution is -0.137. The highest BCUT2D eigenvalue weighted by Gasteiger charge is 2.37. The predicted octanol–water partition coefficient (Wildman–Crippen LogP) is 5.16. The van der Waals surface area contributed by atoms with Crippen molar-refractivity contribution in [3.63, 3.8) is 0 Å². The van der Waals surface area contributed by atoms with Crippen LogP contribution in [0.15, 0.2) is 47.5 Å². The summed E-state index contributed by atoms with van der Waals surface area (Å²) in [4.78, 5) is 18.0. The normalized spacial score (nSPS) is 16.8. The standard InChI is InChI=1S/C16H8ClF3N2OS2/c17-12-5-4-10(8-11(12)16(18,19)20)22-14(23)13(25-15(22)24)7-9-3-1-2-6-21-9/h1-8H/b13-7+.